The lowest BCUT2D eigenvalue weighted by Crippen LogP contribution is -2.30. The number of carbonyl (C=O) groups excluding carboxylic acids is 4. The van der Waals surface area contributed by atoms with Gasteiger partial charge in [-0.3, -0.25) is 37.3 Å². The Morgan fingerprint density at radius 1 is 0.315 bits per heavy atom. The van der Waals surface area contributed by atoms with Crippen LogP contribution in [0.4, 0.5) is 0 Å². The molecule has 0 aromatic carbocycles. The molecule has 0 saturated carbocycles. The second-order valence-electron chi connectivity index (χ2n) is 25.5. The van der Waals surface area contributed by atoms with E-state index in [1.807, 2.05) is 0 Å². The number of unbranched alkanes of at least 4 members (excludes halogenated alkanes) is 41. The molecule has 0 bridgehead atoms. The summed E-state index contributed by atoms with van der Waals surface area (Å²) in [6, 6.07) is 0. The molecule has 0 spiro atoms. The first kappa shape index (κ1) is 87.1. The van der Waals surface area contributed by atoms with Crippen molar-refractivity contribution in [2.75, 3.05) is 39.6 Å². The van der Waals surface area contributed by atoms with E-state index in [1.165, 1.54) is 180 Å². The highest BCUT2D eigenvalue weighted by molar-refractivity contribution is 7.47. The number of hydrogen-bond acceptors (Lipinski definition) is 15. The summed E-state index contributed by atoms with van der Waals surface area (Å²) in [6.07, 6.45) is 49.8. The fraction of sp³-hybridized carbons (Fsp3) is 0.943. The summed E-state index contributed by atoms with van der Waals surface area (Å²) in [5, 5.41) is 10.6. The second kappa shape index (κ2) is 63.5. The Morgan fingerprint density at radius 3 is 0.798 bits per heavy atom. The summed E-state index contributed by atoms with van der Waals surface area (Å²) < 4.78 is 68.2. The minimum Gasteiger partial charge on any atom is -0.462 e. The Kier molecular flexibility index (Phi) is 62.1. The van der Waals surface area contributed by atoms with E-state index in [4.69, 9.17) is 37.0 Å². The van der Waals surface area contributed by atoms with Crippen LogP contribution in [-0.4, -0.2) is 96.7 Å². The summed E-state index contributed by atoms with van der Waals surface area (Å²) >= 11 is 0. The van der Waals surface area contributed by atoms with Gasteiger partial charge in [0.05, 0.1) is 26.4 Å². The van der Waals surface area contributed by atoms with Crippen molar-refractivity contribution >= 4 is 39.5 Å². The number of aliphatic hydroxyl groups excluding tert-OH is 1. The van der Waals surface area contributed by atoms with Gasteiger partial charge >= 0.3 is 39.5 Å². The van der Waals surface area contributed by atoms with Crippen molar-refractivity contribution in [2.45, 2.75) is 380 Å². The Balaban J connectivity index is 5.22. The first-order chi connectivity index (χ1) is 43.1. The van der Waals surface area contributed by atoms with Crippen LogP contribution in [0.5, 0.6) is 0 Å². The molecule has 3 unspecified atom stereocenters. The molecule has 0 amide bonds. The van der Waals surface area contributed by atoms with Gasteiger partial charge in [0.1, 0.15) is 19.3 Å². The van der Waals surface area contributed by atoms with Crippen molar-refractivity contribution < 1.29 is 80.2 Å². The zero-order valence-corrected chi connectivity index (χ0v) is 59.4. The highest BCUT2D eigenvalue weighted by atomic mass is 31.2. The molecule has 3 N–H and O–H groups in total. The minimum atomic E-state index is -4.95. The van der Waals surface area contributed by atoms with Crippen LogP contribution in [0.25, 0.3) is 0 Å². The van der Waals surface area contributed by atoms with Crippen molar-refractivity contribution in [3.8, 4) is 0 Å². The van der Waals surface area contributed by atoms with Crippen LogP contribution in [0.1, 0.15) is 362 Å². The molecule has 0 fully saturated rings. The van der Waals surface area contributed by atoms with Crippen LogP contribution < -0.4 is 0 Å². The standard InChI is InChI=1S/C70H136O17P2/c1-6-10-13-16-19-22-24-25-26-27-28-30-36-41-46-51-56-70(75)87-66(60-81-68(73)54-49-44-39-34-32-31-33-37-42-47-52-63(5)9-4)62-85-89(78,79)83-58-64(71)57-82-88(76,77)84-61-65(59-80-67(72)53-48-43-38-21-18-15-12-8-3)86-69(74)55-50-45-40-35-29-23-20-17-14-11-7-2/h63-66,71H,6-62H2,1-5H3,(H,76,77)(H,78,79)/t63?,64-,65+,66+/m0/s1. The lowest BCUT2D eigenvalue weighted by Gasteiger charge is -2.21. The number of hydrogen-bond donors (Lipinski definition) is 3. The van der Waals surface area contributed by atoms with Gasteiger partial charge in [-0.1, -0.05) is 311 Å². The Bertz CT molecular complexity index is 1720. The molecule has 0 saturated heterocycles. The number of phosphoric acid groups is 2. The third-order valence-corrected chi connectivity index (χ3v) is 18.5. The maximum Gasteiger partial charge on any atom is 0.472 e. The molecule has 0 aromatic rings. The van der Waals surface area contributed by atoms with Gasteiger partial charge in [-0.05, 0) is 31.6 Å². The molecule has 0 aliphatic rings. The van der Waals surface area contributed by atoms with Crippen LogP contribution in [0, 0.1) is 5.92 Å². The van der Waals surface area contributed by atoms with Gasteiger partial charge in [-0.25, -0.2) is 9.13 Å². The van der Waals surface area contributed by atoms with Crippen molar-refractivity contribution in [3.05, 3.63) is 0 Å². The number of aliphatic hydroxyl groups is 1. The van der Waals surface area contributed by atoms with Gasteiger partial charge in [0.2, 0.25) is 0 Å². The average molecular weight is 1310 g/mol. The fourth-order valence-electron chi connectivity index (χ4n) is 10.6. The maximum atomic E-state index is 13.0. The van der Waals surface area contributed by atoms with Gasteiger partial charge in [0.25, 0.3) is 0 Å². The van der Waals surface area contributed by atoms with Crippen molar-refractivity contribution in [1.82, 2.24) is 0 Å². The molecule has 89 heavy (non-hydrogen) atoms. The number of ether oxygens (including phenoxy) is 4. The third-order valence-electron chi connectivity index (χ3n) is 16.6. The van der Waals surface area contributed by atoms with Crippen LogP contribution >= 0.6 is 15.6 Å². The molecule has 0 radical (unpaired) electrons. The first-order valence-electron chi connectivity index (χ1n) is 36.7. The quantitative estimate of drug-likeness (QED) is 0.0222. The lowest BCUT2D eigenvalue weighted by molar-refractivity contribution is -0.161. The van der Waals surface area contributed by atoms with Crippen molar-refractivity contribution in [2.24, 2.45) is 5.92 Å². The van der Waals surface area contributed by atoms with E-state index in [-0.39, 0.29) is 25.7 Å². The van der Waals surface area contributed by atoms with Crippen LogP contribution in [0.3, 0.4) is 0 Å². The zero-order chi connectivity index (χ0) is 65.6. The van der Waals surface area contributed by atoms with Gasteiger partial charge in [0.15, 0.2) is 12.2 Å². The molecule has 6 atom stereocenters. The smallest absolute Gasteiger partial charge is 0.462 e. The van der Waals surface area contributed by atoms with Crippen molar-refractivity contribution in [1.29, 1.82) is 0 Å². The van der Waals surface area contributed by atoms with E-state index in [2.05, 4.69) is 34.6 Å². The van der Waals surface area contributed by atoms with Gasteiger partial charge in [-0.15, -0.1) is 0 Å². The first-order valence-corrected chi connectivity index (χ1v) is 39.7. The van der Waals surface area contributed by atoms with E-state index >= 15 is 0 Å². The molecule has 0 aliphatic carbocycles. The van der Waals surface area contributed by atoms with Gasteiger partial charge < -0.3 is 33.8 Å². The molecule has 0 heterocycles. The maximum absolute atomic E-state index is 13.0. The summed E-state index contributed by atoms with van der Waals surface area (Å²) in [7, 11) is -9.89. The van der Waals surface area contributed by atoms with Crippen LogP contribution in [0.2, 0.25) is 0 Å². The Hall–Kier alpha value is -1.94. The number of esters is 4. The molecule has 0 aromatic heterocycles. The molecule has 528 valence electrons. The minimum absolute atomic E-state index is 0.107. The highest BCUT2D eigenvalue weighted by Gasteiger charge is 2.30. The summed E-state index contributed by atoms with van der Waals surface area (Å²) in [4.78, 5) is 72.5. The van der Waals surface area contributed by atoms with Crippen LogP contribution in [-0.2, 0) is 65.4 Å². The van der Waals surface area contributed by atoms with E-state index in [0.29, 0.717) is 25.7 Å². The molecular formula is C70H136O17P2. The topological polar surface area (TPSA) is 237 Å². The predicted molar refractivity (Wildman–Crippen MR) is 358 cm³/mol. The van der Waals surface area contributed by atoms with E-state index < -0.39 is 97.5 Å². The van der Waals surface area contributed by atoms with Crippen LogP contribution in [0.15, 0.2) is 0 Å². The monoisotopic (exact) mass is 1310 g/mol. The normalized spacial score (nSPS) is 14.4. The highest BCUT2D eigenvalue weighted by Crippen LogP contribution is 2.45. The Morgan fingerprint density at radius 2 is 0.539 bits per heavy atom. The molecule has 19 heteroatoms. The molecule has 0 aliphatic heterocycles. The van der Waals surface area contributed by atoms with E-state index in [0.717, 1.165) is 102 Å². The number of rotatable bonds is 70. The predicted octanol–water partition coefficient (Wildman–Crippen LogP) is 20.1. The van der Waals surface area contributed by atoms with Crippen molar-refractivity contribution in [3.63, 3.8) is 0 Å². The molecule has 17 nitrogen and oxygen atoms in total. The second-order valence-corrected chi connectivity index (χ2v) is 28.4. The van der Waals surface area contributed by atoms with E-state index in [9.17, 15) is 43.2 Å². The summed E-state index contributed by atoms with van der Waals surface area (Å²) in [5.41, 5.74) is 0. The number of phosphoric ester groups is 2. The lowest BCUT2D eigenvalue weighted by atomic mass is 9.99. The Labute approximate surface area is 543 Å². The largest absolute Gasteiger partial charge is 0.472 e. The van der Waals surface area contributed by atoms with Gasteiger partial charge in [0, 0.05) is 25.7 Å². The summed E-state index contributed by atoms with van der Waals surface area (Å²) in [5.74, 6) is -1.31. The zero-order valence-electron chi connectivity index (χ0n) is 57.6. The fourth-order valence-corrected chi connectivity index (χ4v) is 12.2. The SMILES string of the molecule is CCCCCCCCCCCCCCCCCCC(=O)O[C@H](COC(=O)CCCCCCCCCCCCC(C)CC)COP(=O)(O)OC[C@@H](O)COP(=O)(O)OC[C@@H](COC(=O)CCCCCCCCCC)OC(=O)CCCCCCCCCCCCC. The number of carbonyl (C=O) groups is 4. The average Bonchev–Trinajstić information content (AvgIpc) is 3.58. The third kappa shape index (κ3) is 63.2. The van der Waals surface area contributed by atoms with E-state index in [1.54, 1.807) is 0 Å². The molecule has 0 rings (SSSR count). The molecular weight excluding hydrogens is 1170 g/mol. The van der Waals surface area contributed by atoms with Gasteiger partial charge in [-0.2, -0.15) is 0 Å². The summed E-state index contributed by atoms with van der Waals surface area (Å²) in [6.45, 7) is 7.25.